The van der Waals surface area contributed by atoms with E-state index in [4.69, 9.17) is 6.04 Å². The molecule has 19 heavy (non-hydrogen) atoms. The molecule has 3 rings (SSSR count). The van der Waals surface area contributed by atoms with Crippen molar-refractivity contribution in [3.63, 3.8) is 0 Å². The summed E-state index contributed by atoms with van der Waals surface area (Å²) in [6.45, 7) is 0. The van der Waals surface area contributed by atoms with Gasteiger partial charge in [-0.1, -0.05) is 48.2 Å². The van der Waals surface area contributed by atoms with Crippen molar-refractivity contribution in [3.8, 4) is 11.8 Å². The van der Waals surface area contributed by atoms with E-state index in [1.54, 1.807) is 0 Å². The fraction of sp³-hybridized carbons (Fsp3) is 0.125. The Kier molecular flexibility index (Phi) is 3.83. The van der Waals surface area contributed by atoms with Crippen molar-refractivity contribution >= 4 is 7.68 Å². The van der Waals surface area contributed by atoms with Crippen molar-refractivity contribution in [2.45, 2.75) is 12.5 Å². The minimum atomic E-state index is -0.470. The zero-order chi connectivity index (χ0) is 14.4. The van der Waals surface area contributed by atoms with Crippen LogP contribution in [0.5, 0.6) is 0 Å². The number of rotatable bonds is 0. The number of benzene rings is 2. The average molecular weight is 249 g/mol. The van der Waals surface area contributed by atoms with E-state index in [0.717, 1.165) is 22.3 Å². The van der Waals surface area contributed by atoms with Crippen LogP contribution in [0.3, 0.4) is 0 Å². The van der Waals surface area contributed by atoms with Gasteiger partial charge in [0.15, 0.2) is 0 Å². The Morgan fingerprint density at radius 1 is 1.11 bits per heavy atom. The molecule has 0 aliphatic heterocycles. The average Bonchev–Trinajstić information content (AvgIpc) is 2.46. The normalized spacial score (nSPS) is 15.6. The van der Waals surface area contributed by atoms with E-state index in [2.05, 4.69) is 11.8 Å². The summed E-state index contributed by atoms with van der Waals surface area (Å²) in [5, 5.41) is 10.2. The van der Waals surface area contributed by atoms with Crippen LogP contribution < -0.4 is 0 Å². The number of aliphatic hydroxyl groups excluding tert-OH is 1. The molecule has 0 bridgehead atoms. The first-order chi connectivity index (χ1) is 9.76. The monoisotopic (exact) mass is 249 g/mol. The third-order valence-electron chi connectivity index (χ3n) is 3.08. The van der Waals surface area contributed by atoms with E-state index < -0.39 is 6.10 Å². The van der Waals surface area contributed by atoms with Crippen LogP contribution in [-0.4, -0.2) is 14.1 Å². The van der Waals surface area contributed by atoms with Crippen LogP contribution >= 0.6 is 0 Å². The van der Waals surface area contributed by atoms with E-state index >= 15 is 0 Å². The third-order valence-corrected chi connectivity index (χ3v) is 3.08. The van der Waals surface area contributed by atoms with Gasteiger partial charge >= 0.3 is 13.7 Å². The van der Waals surface area contributed by atoms with Crippen molar-refractivity contribution in [3.05, 3.63) is 70.8 Å². The molecule has 1 atom stereocenters. The summed E-state index contributed by atoms with van der Waals surface area (Å²) < 4.78 is 14.0. The second kappa shape index (κ2) is 6.13. The van der Waals surface area contributed by atoms with Crippen molar-refractivity contribution in [1.82, 2.24) is 0 Å². The topological polar surface area (TPSA) is 37.3 Å². The second-order valence-corrected chi connectivity index (χ2v) is 4.21. The molecule has 1 aliphatic carbocycles. The van der Waals surface area contributed by atoms with Crippen LogP contribution in [0.4, 0.5) is 0 Å². The Labute approximate surface area is 114 Å². The van der Waals surface area contributed by atoms with Crippen LogP contribution in [0.1, 0.15) is 28.4 Å². The Morgan fingerprint density at radius 2 is 1.68 bits per heavy atom. The summed E-state index contributed by atoms with van der Waals surface area (Å²) in [4.78, 5) is 0. The fourth-order valence-corrected chi connectivity index (χ4v) is 2.17. The van der Waals surface area contributed by atoms with Crippen molar-refractivity contribution in [2.75, 3.05) is 0 Å². The molecule has 2 nitrogen and oxygen atoms in total. The molecule has 0 saturated heterocycles. The molecule has 0 aromatic heterocycles. The van der Waals surface area contributed by atoms with E-state index in [0.29, 0.717) is 6.42 Å². The number of aliphatic hydroxyl groups is 1. The molecule has 3 heteroatoms. The summed E-state index contributed by atoms with van der Waals surface area (Å²) >= 11 is 0. The maximum absolute atomic E-state index is 10.2. The van der Waals surface area contributed by atoms with Crippen LogP contribution in [0, 0.1) is 11.8 Å². The predicted octanol–water partition coefficient (Wildman–Crippen LogP) is 1.91. The summed E-state index contributed by atoms with van der Waals surface area (Å²) in [5.41, 5.74) is 3.98. The van der Waals surface area contributed by atoms with Gasteiger partial charge < -0.3 is 5.11 Å². The summed E-state index contributed by atoms with van der Waals surface area (Å²) in [6, 6.07) is 15.8. The minimum absolute atomic E-state index is 0. The van der Waals surface area contributed by atoms with Gasteiger partial charge in [0.05, 0.1) is 6.10 Å². The first kappa shape index (κ1) is 11.9. The van der Waals surface area contributed by atoms with Gasteiger partial charge in [0, 0.05) is 17.5 Å². The molecule has 0 saturated carbocycles. The molecule has 0 radical (unpaired) electrons. The van der Waals surface area contributed by atoms with Crippen LogP contribution in [0.2, 0.25) is 0 Å². The van der Waals surface area contributed by atoms with Gasteiger partial charge in [0.2, 0.25) is 0 Å². The van der Waals surface area contributed by atoms with Gasteiger partial charge in [-0.3, -0.25) is 0 Å². The van der Waals surface area contributed by atoms with E-state index in [9.17, 15) is 5.11 Å². The number of fused-ring (bicyclic) bond motifs is 2. The van der Waals surface area contributed by atoms with Crippen LogP contribution in [0.25, 0.3) is 0 Å². The molecule has 0 amide bonds. The fourth-order valence-electron chi connectivity index (χ4n) is 2.17. The molecule has 1 aliphatic rings. The molecular formula is C16H13BO2. The predicted molar refractivity (Wildman–Crippen MR) is 75.4 cm³/mol. The second-order valence-electron chi connectivity index (χ2n) is 4.21. The van der Waals surface area contributed by atoms with E-state index in [1.165, 1.54) is 0 Å². The Morgan fingerprint density at radius 3 is 2.47 bits per heavy atom. The third kappa shape index (κ3) is 2.81. The quantitative estimate of drug-likeness (QED) is 0.572. The zero-order valence-electron chi connectivity index (χ0n) is 11.3. The summed E-state index contributed by atoms with van der Waals surface area (Å²) in [6.07, 6.45) is 0.156. The van der Waals surface area contributed by atoms with Gasteiger partial charge in [-0.05, 0) is 23.3 Å². The maximum atomic E-state index is 10.2. The molecule has 2 aromatic rings. The molecule has 92 valence electrons. The van der Waals surface area contributed by atoms with Crippen molar-refractivity contribution in [1.29, 1.82) is 1.34 Å². The Bertz CT molecular complexity index is 673. The number of hydrogen-bond acceptors (Lipinski definition) is 2. The van der Waals surface area contributed by atoms with Gasteiger partial charge in [0.1, 0.15) is 0 Å². The van der Waals surface area contributed by atoms with Crippen molar-refractivity contribution < 1.29 is 9.81 Å². The van der Waals surface area contributed by atoms with Crippen molar-refractivity contribution in [2.24, 2.45) is 0 Å². The van der Waals surface area contributed by atoms with Crippen LogP contribution in [-0.2, 0) is 11.1 Å². The Balaban J connectivity index is 0.000000452. The first-order valence-electron chi connectivity index (χ1n) is 6.53. The molecular weight excluding hydrogens is 235 g/mol. The summed E-state index contributed by atoms with van der Waals surface area (Å²) in [5.74, 6) is 6.32. The Hall–Kier alpha value is -2.18. The van der Waals surface area contributed by atoms with Gasteiger partial charge in [0.25, 0.3) is 0 Å². The van der Waals surface area contributed by atoms with E-state index in [-0.39, 0.29) is 7.68 Å². The molecule has 1 unspecified atom stereocenters. The van der Waals surface area contributed by atoms with Gasteiger partial charge in [-0.25, -0.2) is 0 Å². The standard InChI is InChI=1S/C16H12O.BHO/c17-16-11-14-7-2-1-5-12(14)9-10-13-6-3-4-8-15(13)16;1-2/h1-8,16-17H,11H2;1H/i;1D. The number of hydrogen-bond donors (Lipinski definition) is 1. The first-order valence-corrected chi connectivity index (χ1v) is 5.95. The molecule has 0 spiro atoms. The molecule has 0 fully saturated rings. The molecule has 1 N–H and O–H groups in total. The van der Waals surface area contributed by atoms with Gasteiger partial charge in [-0.2, -0.15) is 0 Å². The van der Waals surface area contributed by atoms with Crippen LogP contribution in [0.15, 0.2) is 48.5 Å². The zero-order valence-corrected chi connectivity index (χ0v) is 10.3. The molecule has 0 heterocycles. The van der Waals surface area contributed by atoms with E-state index in [1.807, 2.05) is 48.5 Å². The SMILES string of the molecule is OC1Cc2ccccc2C#Cc2ccccc21.[2H]B=O. The van der Waals surface area contributed by atoms with Gasteiger partial charge in [-0.15, -0.1) is 0 Å². The summed E-state index contributed by atoms with van der Waals surface area (Å²) in [7, 11) is 0. The molecule has 2 aromatic carbocycles.